The summed E-state index contributed by atoms with van der Waals surface area (Å²) in [5, 5.41) is 8.68. The van der Waals surface area contributed by atoms with E-state index in [1.807, 2.05) is 34.9 Å². The summed E-state index contributed by atoms with van der Waals surface area (Å²) >= 11 is 0. The predicted octanol–water partition coefficient (Wildman–Crippen LogP) is 3.09. The van der Waals surface area contributed by atoms with Gasteiger partial charge in [-0.3, -0.25) is 14.5 Å². The minimum absolute atomic E-state index is 0.632. The summed E-state index contributed by atoms with van der Waals surface area (Å²) in [5.41, 5.74) is 3.55. The largest absolute Gasteiger partial charge is 0.272 e. The Hall–Kier alpha value is -3.41. The van der Waals surface area contributed by atoms with Gasteiger partial charge in [-0.15, -0.1) is 10.2 Å². The molecule has 0 unspecified atom stereocenters. The van der Waals surface area contributed by atoms with Crippen LogP contribution in [0.5, 0.6) is 0 Å². The van der Waals surface area contributed by atoms with E-state index in [0.717, 1.165) is 11.4 Å². The SMILES string of the molecule is Cc1ccc(-n2c(-c3ccccn3)nnc2-c2cnccn2)cc1. The molecule has 6 nitrogen and oxygen atoms in total. The summed E-state index contributed by atoms with van der Waals surface area (Å²) in [6.07, 6.45) is 6.70. The van der Waals surface area contributed by atoms with Crippen LogP contribution < -0.4 is 0 Å². The number of hydrogen-bond donors (Lipinski definition) is 0. The number of rotatable bonds is 3. The number of nitrogens with zero attached hydrogens (tertiary/aromatic N) is 6. The molecule has 0 atom stereocenters. The third-order valence-corrected chi connectivity index (χ3v) is 3.64. The molecule has 6 heteroatoms. The third kappa shape index (κ3) is 2.54. The molecule has 3 aromatic heterocycles. The fraction of sp³-hybridized carbons (Fsp3) is 0.0556. The molecule has 0 saturated heterocycles. The van der Waals surface area contributed by atoms with Crippen molar-refractivity contribution in [1.82, 2.24) is 29.7 Å². The molecule has 0 aliphatic rings. The number of hydrogen-bond acceptors (Lipinski definition) is 5. The smallest absolute Gasteiger partial charge is 0.189 e. The summed E-state index contributed by atoms with van der Waals surface area (Å²) < 4.78 is 1.95. The van der Waals surface area contributed by atoms with E-state index in [9.17, 15) is 0 Å². The molecule has 0 saturated carbocycles. The Morgan fingerprint density at radius 1 is 0.750 bits per heavy atom. The molecule has 0 amide bonds. The molecule has 116 valence electrons. The van der Waals surface area contributed by atoms with Crippen molar-refractivity contribution in [3.8, 4) is 28.7 Å². The fourth-order valence-corrected chi connectivity index (χ4v) is 2.46. The van der Waals surface area contributed by atoms with E-state index in [2.05, 4.69) is 44.2 Å². The van der Waals surface area contributed by atoms with Gasteiger partial charge in [0, 0.05) is 24.3 Å². The van der Waals surface area contributed by atoms with Gasteiger partial charge in [-0.25, -0.2) is 4.98 Å². The molecule has 0 N–H and O–H groups in total. The maximum absolute atomic E-state index is 4.40. The Morgan fingerprint density at radius 2 is 1.50 bits per heavy atom. The molecular weight excluding hydrogens is 300 g/mol. The van der Waals surface area contributed by atoms with Crippen molar-refractivity contribution >= 4 is 0 Å². The van der Waals surface area contributed by atoms with Crippen LogP contribution in [0.3, 0.4) is 0 Å². The van der Waals surface area contributed by atoms with Crippen LogP contribution in [0.4, 0.5) is 0 Å². The summed E-state index contributed by atoms with van der Waals surface area (Å²) in [7, 11) is 0. The first-order valence-corrected chi connectivity index (χ1v) is 7.53. The second-order valence-electron chi connectivity index (χ2n) is 5.32. The summed E-state index contributed by atoms with van der Waals surface area (Å²) in [6.45, 7) is 2.05. The van der Waals surface area contributed by atoms with Gasteiger partial charge >= 0.3 is 0 Å². The summed E-state index contributed by atoms with van der Waals surface area (Å²) in [6, 6.07) is 13.9. The minimum atomic E-state index is 0.632. The van der Waals surface area contributed by atoms with Crippen LogP contribution >= 0.6 is 0 Å². The van der Waals surface area contributed by atoms with E-state index in [1.54, 1.807) is 24.8 Å². The molecule has 3 heterocycles. The van der Waals surface area contributed by atoms with Crippen molar-refractivity contribution in [2.24, 2.45) is 0 Å². The lowest BCUT2D eigenvalue weighted by Crippen LogP contribution is -2.02. The Kier molecular flexibility index (Phi) is 3.55. The van der Waals surface area contributed by atoms with Crippen molar-refractivity contribution in [3.63, 3.8) is 0 Å². The van der Waals surface area contributed by atoms with Gasteiger partial charge in [0.15, 0.2) is 11.6 Å². The maximum atomic E-state index is 4.40. The van der Waals surface area contributed by atoms with E-state index >= 15 is 0 Å². The van der Waals surface area contributed by atoms with E-state index < -0.39 is 0 Å². The second-order valence-corrected chi connectivity index (χ2v) is 5.32. The van der Waals surface area contributed by atoms with Gasteiger partial charge in [0.25, 0.3) is 0 Å². The number of benzene rings is 1. The zero-order valence-corrected chi connectivity index (χ0v) is 13.0. The van der Waals surface area contributed by atoms with Crippen LogP contribution in [-0.4, -0.2) is 29.7 Å². The van der Waals surface area contributed by atoms with Gasteiger partial charge in [0.05, 0.1) is 6.20 Å². The monoisotopic (exact) mass is 314 g/mol. The van der Waals surface area contributed by atoms with Crippen LogP contribution in [0.25, 0.3) is 28.7 Å². The van der Waals surface area contributed by atoms with Crippen LogP contribution in [0.15, 0.2) is 67.3 Å². The lowest BCUT2D eigenvalue weighted by atomic mass is 10.2. The summed E-state index contributed by atoms with van der Waals surface area (Å²) in [4.78, 5) is 12.9. The van der Waals surface area contributed by atoms with E-state index in [0.29, 0.717) is 17.3 Å². The van der Waals surface area contributed by atoms with Crippen LogP contribution in [0, 0.1) is 6.92 Å². The first-order chi connectivity index (χ1) is 11.8. The van der Waals surface area contributed by atoms with E-state index in [4.69, 9.17) is 0 Å². The molecule has 0 spiro atoms. The lowest BCUT2D eigenvalue weighted by molar-refractivity contribution is 1.04. The normalized spacial score (nSPS) is 10.7. The van der Waals surface area contributed by atoms with E-state index in [1.165, 1.54) is 5.56 Å². The van der Waals surface area contributed by atoms with Gasteiger partial charge in [-0.05, 0) is 31.2 Å². The van der Waals surface area contributed by atoms with Crippen molar-refractivity contribution < 1.29 is 0 Å². The van der Waals surface area contributed by atoms with E-state index in [-0.39, 0.29) is 0 Å². The Bertz CT molecular complexity index is 889. The quantitative estimate of drug-likeness (QED) is 0.581. The molecule has 24 heavy (non-hydrogen) atoms. The average molecular weight is 314 g/mol. The predicted molar refractivity (Wildman–Crippen MR) is 90.4 cm³/mol. The third-order valence-electron chi connectivity index (χ3n) is 3.64. The highest BCUT2D eigenvalue weighted by Gasteiger charge is 2.18. The zero-order chi connectivity index (χ0) is 16.4. The van der Waals surface area contributed by atoms with Crippen molar-refractivity contribution in [1.29, 1.82) is 0 Å². The van der Waals surface area contributed by atoms with Crippen LogP contribution in [0.1, 0.15) is 5.56 Å². The second kappa shape index (κ2) is 6.00. The Balaban J connectivity index is 1.96. The molecule has 1 aromatic carbocycles. The average Bonchev–Trinajstić information content (AvgIpc) is 3.09. The first kappa shape index (κ1) is 14.2. The molecular formula is C18H14N6. The molecule has 0 radical (unpaired) electrons. The molecule has 4 aromatic rings. The van der Waals surface area contributed by atoms with Crippen molar-refractivity contribution in [2.45, 2.75) is 6.92 Å². The highest BCUT2D eigenvalue weighted by Crippen LogP contribution is 2.26. The lowest BCUT2D eigenvalue weighted by Gasteiger charge is -2.10. The van der Waals surface area contributed by atoms with Gasteiger partial charge < -0.3 is 0 Å². The number of aromatic nitrogens is 6. The molecule has 0 aliphatic carbocycles. The number of pyridine rings is 1. The Morgan fingerprint density at radius 3 is 2.17 bits per heavy atom. The van der Waals surface area contributed by atoms with Crippen LogP contribution in [-0.2, 0) is 0 Å². The van der Waals surface area contributed by atoms with Crippen molar-refractivity contribution in [2.75, 3.05) is 0 Å². The number of aryl methyl sites for hydroxylation is 1. The van der Waals surface area contributed by atoms with Crippen LogP contribution in [0.2, 0.25) is 0 Å². The fourth-order valence-electron chi connectivity index (χ4n) is 2.46. The molecule has 4 rings (SSSR count). The highest BCUT2D eigenvalue weighted by atomic mass is 15.3. The summed E-state index contributed by atoms with van der Waals surface area (Å²) in [5.74, 6) is 1.30. The zero-order valence-electron chi connectivity index (χ0n) is 13.0. The van der Waals surface area contributed by atoms with Gasteiger partial charge in [-0.2, -0.15) is 0 Å². The topological polar surface area (TPSA) is 69.4 Å². The van der Waals surface area contributed by atoms with Gasteiger partial charge in [0.2, 0.25) is 0 Å². The minimum Gasteiger partial charge on any atom is -0.272 e. The van der Waals surface area contributed by atoms with Gasteiger partial charge in [0.1, 0.15) is 11.4 Å². The standard InChI is InChI=1S/C18H14N6/c1-13-5-7-14(8-6-13)24-17(15-4-2-3-9-20-15)22-23-18(24)16-12-19-10-11-21-16/h2-12H,1H3. The van der Waals surface area contributed by atoms with Gasteiger partial charge in [-0.1, -0.05) is 23.8 Å². The first-order valence-electron chi connectivity index (χ1n) is 7.53. The van der Waals surface area contributed by atoms with Crippen molar-refractivity contribution in [3.05, 3.63) is 72.8 Å². The molecule has 0 fully saturated rings. The maximum Gasteiger partial charge on any atom is 0.189 e. The highest BCUT2D eigenvalue weighted by molar-refractivity contribution is 5.62. The molecule has 0 aliphatic heterocycles. The Labute approximate surface area is 138 Å². The molecule has 0 bridgehead atoms.